The fraction of sp³-hybridized carbons (Fsp3) is 0.423. The highest BCUT2D eigenvalue weighted by Gasteiger charge is 2.17. The summed E-state index contributed by atoms with van der Waals surface area (Å²) in [6.45, 7) is 7.81. The molecule has 0 aliphatic carbocycles. The van der Waals surface area contributed by atoms with E-state index >= 15 is 0 Å². The van der Waals surface area contributed by atoms with Crippen LogP contribution in [0.15, 0.2) is 48.5 Å². The summed E-state index contributed by atoms with van der Waals surface area (Å²) in [6.07, 6.45) is 5.62. The van der Waals surface area contributed by atoms with Crippen LogP contribution in [0, 0.1) is 13.8 Å². The first-order chi connectivity index (χ1) is 15.0. The lowest BCUT2D eigenvalue weighted by Gasteiger charge is -2.31. The van der Waals surface area contributed by atoms with Crippen molar-refractivity contribution in [3.8, 4) is 5.75 Å². The van der Waals surface area contributed by atoms with E-state index < -0.39 is 0 Å². The first-order valence-electron chi connectivity index (χ1n) is 11.0. The number of carbonyl (C=O) groups excluding carboxylic acids is 1. The van der Waals surface area contributed by atoms with Crippen molar-refractivity contribution < 1.29 is 14.3 Å². The zero-order valence-electron chi connectivity index (χ0n) is 18.9. The Labute approximate surface area is 186 Å². The maximum atomic E-state index is 12.2. The predicted octanol–water partition coefficient (Wildman–Crippen LogP) is 4.12. The van der Waals surface area contributed by atoms with E-state index in [-0.39, 0.29) is 5.91 Å². The van der Waals surface area contributed by atoms with Gasteiger partial charge in [0.1, 0.15) is 12.4 Å². The van der Waals surface area contributed by atoms with E-state index in [1.165, 1.54) is 5.56 Å². The molecule has 0 bridgehead atoms. The number of aryl methyl sites for hydroxylation is 2. The van der Waals surface area contributed by atoms with Crippen LogP contribution in [0.4, 0.5) is 0 Å². The Morgan fingerprint density at radius 2 is 2.00 bits per heavy atom. The number of hydrogen-bond donors (Lipinski definition) is 1. The quantitative estimate of drug-likeness (QED) is 0.618. The van der Waals surface area contributed by atoms with E-state index in [4.69, 9.17) is 9.47 Å². The summed E-state index contributed by atoms with van der Waals surface area (Å²) < 4.78 is 11.4. The van der Waals surface area contributed by atoms with Gasteiger partial charge in [-0.25, -0.2) is 0 Å². The Hall–Kier alpha value is -2.63. The Bertz CT molecular complexity index is 888. The summed E-state index contributed by atoms with van der Waals surface area (Å²) in [7, 11) is 2.15. The monoisotopic (exact) mass is 422 g/mol. The molecule has 2 aromatic rings. The second-order valence-corrected chi connectivity index (χ2v) is 8.23. The molecule has 5 heteroatoms. The van der Waals surface area contributed by atoms with Gasteiger partial charge in [-0.1, -0.05) is 35.9 Å². The van der Waals surface area contributed by atoms with Crippen LogP contribution >= 0.6 is 0 Å². The fourth-order valence-corrected chi connectivity index (χ4v) is 3.79. The van der Waals surface area contributed by atoms with Crippen molar-refractivity contribution >= 4 is 12.0 Å². The van der Waals surface area contributed by atoms with Crippen molar-refractivity contribution in [2.75, 3.05) is 33.4 Å². The summed E-state index contributed by atoms with van der Waals surface area (Å²) in [5, 5.41) is 2.94. The van der Waals surface area contributed by atoms with Crippen LogP contribution in [0.2, 0.25) is 0 Å². The second-order valence-electron chi connectivity index (χ2n) is 8.23. The number of benzene rings is 2. The number of rotatable bonds is 9. The average molecular weight is 423 g/mol. The first-order valence-corrected chi connectivity index (χ1v) is 11.0. The zero-order valence-corrected chi connectivity index (χ0v) is 18.9. The number of likely N-dealkylation sites (N-methyl/N-ethyl adjacent to an activating group) is 1. The van der Waals surface area contributed by atoms with Crippen LogP contribution in [-0.4, -0.2) is 50.3 Å². The highest BCUT2D eigenvalue weighted by molar-refractivity contribution is 5.91. The minimum absolute atomic E-state index is 0.107. The molecule has 31 heavy (non-hydrogen) atoms. The fourth-order valence-electron chi connectivity index (χ4n) is 3.79. The molecule has 0 spiro atoms. The molecule has 1 aliphatic rings. The van der Waals surface area contributed by atoms with E-state index in [0.29, 0.717) is 19.2 Å². The number of amides is 1. The number of carbonyl (C=O) groups is 1. The summed E-state index contributed by atoms with van der Waals surface area (Å²) in [4.78, 5) is 14.6. The van der Waals surface area contributed by atoms with Gasteiger partial charge in [0.05, 0.1) is 0 Å². The SMILES string of the molecule is Cc1ccc(/C=C/C(=O)NCc2cccc(OCCN(C)C3CCOCC3)c2)c(C)c1. The maximum Gasteiger partial charge on any atom is 0.244 e. The molecule has 166 valence electrons. The molecule has 0 saturated carbocycles. The van der Waals surface area contributed by atoms with Gasteiger partial charge in [0, 0.05) is 38.4 Å². The van der Waals surface area contributed by atoms with Gasteiger partial charge in [-0.15, -0.1) is 0 Å². The summed E-state index contributed by atoms with van der Waals surface area (Å²) in [5.74, 6) is 0.724. The molecule has 0 radical (unpaired) electrons. The normalized spacial score (nSPS) is 14.8. The largest absolute Gasteiger partial charge is 0.492 e. The molecule has 3 rings (SSSR count). The van der Waals surface area contributed by atoms with Crippen molar-refractivity contribution in [2.24, 2.45) is 0 Å². The molecule has 0 unspecified atom stereocenters. The smallest absolute Gasteiger partial charge is 0.244 e. The standard InChI is InChI=1S/C26H34N2O3/c1-20-7-8-23(21(2)17-20)9-10-26(29)27-19-22-5-4-6-25(18-22)31-16-13-28(3)24-11-14-30-15-12-24/h4-10,17-18,24H,11-16,19H2,1-3H3,(H,27,29)/b10-9+. The Kier molecular flexibility index (Phi) is 8.68. The Balaban J connectivity index is 1.43. The van der Waals surface area contributed by atoms with Gasteiger partial charge in [-0.05, 0) is 68.6 Å². The third kappa shape index (κ3) is 7.53. The van der Waals surface area contributed by atoms with Gasteiger partial charge in [0.2, 0.25) is 5.91 Å². The van der Waals surface area contributed by atoms with Gasteiger partial charge >= 0.3 is 0 Å². The lowest BCUT2D eigenvalue weighted by molar-refractivity contribution is -0.116. The van der Waals surface area contributed by atoms with E-state index in [1.54, 1.807) is 6.08 Å². The molecule has 1 amide bonds. The molecule has 2 aromatic carbocycles. The molecule has 1 saturated heterocycles. The van der Waals surface area contributed by atoms with Crippen molar-refractivity contribution in [2.45, 2.75) is 39.3 Å². The average Bonchev–Trinajstić information content (AvgIpc) is 2.78. The van der Waals surface area contributed by atoms with Crippen LogP contribution in [0.25, 0.3) is 6.08 Å². The number of nitrogens with one attached hydrogen (secondary N) is 1. The minimum Gasteiger partial charge on any atom is -0.492 e. The molecule has 1 fully saturated rings. The van der Waals surface area contributed by atoms with Gasteiger partial charge in [-0.3, -0.25) is 9.69 Å². The highest BCUT2D eigenvalue weighted by atomic mass is 16.5. The van der Waals surface area contributed by atoms with Crippen LogP contribution in [-0.2, 0) is 16.1 Å². The van der Waals surface area contributed by atoms with Crippen LogP contribution in [0.1, 0.15) is 35.1 Å². The predicted molar refractivity (Wildman–Crippen MR) is 125 cm³/mol. The van der Waals surface area contributed by atoms with Gasteiger partial charge in [-0.2, -0.15) is 0 Å². The lowest BCUT2D eigenvalue weighted by atomic mass is 10.1. The zero-order chi connectivity index (χ0) is 22.1. The molecular formula is C26H34N2O3. The summed E-state index contributed by atoms with van der Waals surface area (Å²) in [6, 6.07) is 14.7. The lowest BCUT2D eigenvalue weighted by Crippen LogP contribution is -2.38. The molecular weight excluding hydrogens is 388 g/mol. The Morgan fingerprint density at radius 3 is 2.77 bits per heavy atom. The Morgan fingerprint density at radius 1 is 1.19 bits per heavy atom. The molecule has 1 aliphatic heterocycles. The van der Waals surface area contributed by atoms with Gasteiger partial charge in [0.15, 0.2) is 0 Å². The van der Waals surface area contributed by atoms with Gasteiger partial charge in [0.25, 0.3) is 0 Å². The first kappa shape index (κ1) is 23.0. The topological polar surface area (TPSA) is 50.8 Å². The third-order valence-corrected chi connectivity index (χ3v) is 5.73. The highest BCUT2D eigenvalue weighted by Crippen LogP contribution is 2.15. The molecule has 1 heterocycles. The minimum atomic E-state index is -0.107. The van der Waals surface area contributed by atoms with E-state index in [1.807, 2.05) is 36.4 Å². The third-order valence-electron chi connectivity index (χ3n) is 5.73. The van der Waals surface area contributed by atoms with E-state index in [0.717, 1.165) is 55.0 Å². The molecule has 5 nitrogen and oxygen atoms in total. The van der Waals surface area contributed by atoms with Crippen molar-refractivity contribution in [1.29, 1.82) is 0 Å². The van der Waals surface area contributed by atoms with Crippen LogP contribution in [0.3, 0.4) is 0 Å². The second kappa shape index (κ2) is 11.7. The van der Waals surface area contributed by atoms with Crippen molar-refractivity contribution in [1.82, 2.24) is 10.2 Å². The number of nitrogens with zero attached hydrogens (tertiary/aromatic N) is 1. The maximum absolute atomic E-state index is 12.2. The summed E-state index contributed by atoms with van der Waals surface area (Å²) >= 11 is 0. The molecule has 0 atom stereocenters. The van der Waals surface area contributed by atoms with E-state index in [9.17, 15) is 4.79 Å². The van der Waals surface area contributed by atoms with E-state index in [2.05, 4.69) is 43.2 Å². The molecule has 0 aromatic heterocycles. The number of ether oxygens (including phenoxy) is 2. The van der Waals surface area contributed by atoms with Crippen LogP contribution in [0.5, 0.6) is 5.75 Å². The van der Waals surface area contributed by atoms with Crippen LogP contribution < -0.4 is 10.1 Å². The van der Waals surface area contributed by atoms with Crippen molar-refractivity contribution in [3.63, 3.8) is 0 Å². The van der Waals surface area contributed by atoms with Gasteiger partial charge < -0.3 is 14.8 Å². The molecule has 1 N–H and O–H groups in total. The summed E-state index contributed by atoms with van der Waals surface area (Å²) in [5.41, 5.74) is 4.46. The van der Waals surface area contributed by atoms with Crippen molar-refractivity contribution in [3.05, 3.63) is 70.8 Å². The number of hydrogen-bond acceptors (Lipinski definition) is 4.